The van der Waals surface area contributed by atoms with Gasteiger partial charge in [0, 0.05) is 21.3 Å². The molecule has 23 heavy (non-hydrogen) atoms. The predicted molar refractivity (Wildman–Crippen MR) is 93.3 cm³/mol. The molecule has 0 aliphatic heterocycles. The van der Waals surface area contributed by atoms with Gasteiger partial charge >= 0.3 is 0 Å². The molecule has 5 nitrogen and oxygen atoms in total. The Bertz CT molecular complexity index is 833. The molecule has 0 unspecified atom stereocenters. The van der Waals surface area contributed by atoms with Crippen LogP contribution in [0.1, 0.15) is 10.4 Å². The average Bonchev–Trinajstić information content (AvgIpc) is 3.02. The van der Waals surface area contributed by atoms with Crippen LogP contribution in [0.2, 0.25) is 0 Å². The lowest BCUT2D eigenvalue weighted by Gasteiger charge is -1.99. The summed E-state index contributed by atoms with van der Waals surface area (Å²) in [5.41, 5.74) is 7.82. The molecular formula is C16H12BrN3O2S. The summed E-state index contributed by atoms with van der Waals surface area (Å²) in [5.74, 6) is 0.649. The second-order valence-corrected chi connectivity index (χ2v) is 6.53. The van der Waals surface area contributed by atoms with E-state index in [4.69, 9.17) is 10.3 Å². The van der Waals surface area contributed by atoms with Crippen LogP contribution in [0, 0.1) is 0 Å². The van der Waals surface area contributed by atoms with Gasteiger partial charge in [0.2, 0.25) is 5.82 Å². The predicted octanol–water partition coefficient (Wildman–Crippen LogP) is 4.06. The van der Waals surface area contributed by atoms with E-state index in [0.29, 0.717) is 27.9 Å². The molecule has 2 N–H and O–H groups in total. The largest absolute Gasteiger partial charge is 0.398 e. The first-order valence-corrected chi connectivity index (χ1v) is 8.51. The average molecular weight is 390 g/mol. The van der Waals surface area contributed by atoms with Crippen LogP contribution < -0.4 is 5.73 Å². The molecule has 0 bridgehead atoms. The van der Waals surface area contributed by atoms with Crippen LogP contribution in [0.25, 0.3) is 11.4 Å². The number of anilines is 1. The Morgan fingerprint density at radius 3 is 2.65 bits per heavy atom. The molecule has 0 saturated carbocycles. The molecule has 1 aromatic heterocycles. The summed E-state index contributed by atoms with van der Waals surface area (Å²) in [6.45, 7) is 0. The van der Waals surface area contributed by atoms with E-state index in [1.165, 1.54) is 11.8 Å². The molecule has 0 amide bonds. The number of hydrogen-bond acceptors (Lipinski definition) is 6. The number of halogens is 1. The minimum atomic E-state index is 0.00137. The minimum Gasteiger partial charge on any atom is -0.398 e. The second kappa shape index (κ2) is 6.97. The zero-order valence-electron chi connectivity index (χ0n) is 11.9. The number of nitrogens with zero attached hydrogens (tertiary/aromatic N) is 2. The van der Waals surface area contributed by atoms with Crippen molar-refractivity contribution in [1.29, 1.82) is 0 Å². The molecule has 116 valence electrons. The van der Waals surface area contributed by atoms with E-state index in [2.05, 4.69) is 26.1 Å². The van der Waals surface area contributed by atoms with E-state index in [1.807, 2.05) is 30.3 Å². The van der Waals surface area contributed by atoms with Crippen molar-refractivity contribution in [1.82, 2.24) is 10.1 Å². The lowest BCUT2D eigenvalue weighted by molar-refractivity contribution is 0.102. The molecule has 2 aromatic carbocycles. The van der Waals surface area contributed by atoms with Crippen molar-refractivity contribution in [3.63, 3.8) is 0 Å². The maximum atomic E-state index is 12.1. The van der Waals surface area contributed by atoms with Gasteiger partial charge in [-0.2, -0.15) is 4.98 Å². The molecule has 0 spiro atoms. The summed E-state index contributed by atoms with van der Waals surface area (Å²) in [7, 11) is 0. The lowest BCUT2D eigenvalue weighted by atomic mass is 10.2. The third kappa shape index (κ3) is 3.80. The van der Waals surface area contributed by atoms with E-state index in [9.17, 15) is 4.79 Å². The Labute approximate surface area is 145 Å². The molecule has 1 heterocycles. The van der Waals surface area contributed by atoms with Crippen LogP contribution >= 0.6 is 27.7 Å². The smallest absolute Gasteiger partial charge is 0.286 e. The number of benzene rings is 2. The number of rotatable bonds is 5. The first-order valence-electron chi connectivity index (χ1n) is 6.73. The molecule has 0 saturated heterocycles. The van der Waals surface area contributed by atoms with Gasteiger partial charge in [0.15, 0.2) is 5.78 Å². The number of nitrogen functional groups attached to an aromatic ring is 1. The zero-order valence-corrected chi connectivity index (χ0v) is 14.3. The summed E-state index contributed by atoms with van der Waals surface area (Å²) in [6, 6.07) is 14.5. The quantitative estimate of drug-likeness (QED) is 0.402. The van der Waals surface area contributed by atoms with E-state index < -0.39 is 0 Å². The van der Waals surface area contributed by atoms with Crippen molar-refractivity contribution < 1.29 is 9.32 Å². The van der Waals surface area contributed by atoms with E-state index >= 15 is 0 Å². The first kappa shape index (κ1) is 15.8. The fourth-order valence-corrected chi connectivity index (χ4v) is 2.85. The van der Waals surface area contributed by atoms with Gasteiger partial charge in [0.25, 0.3) is 5.22 Å². The van der Waals surface area contributed by atoms with Crippen molar-refractivity contribution in [2.24, 2.45) is 0 Å². The minimum absolute atomic E-state index is 0.00137. The van der Waals surface area contributed by atoms with Crippen molar-refractivity contribution in [2.45, 2.75) is 5.22 Å². The highest BCUT2D eigenvalue weighted by Crippen LogP contribution is 2.26. The summed E-state index contributed by atoms with van der Waals surface area (Å²) in [4.78, 5) is 16.4. The molecule has 0 atom stereocenters. The highest BCUT2D eigenvalue weighted by atomic mass is 79.9. The van der Waals surface area contributed by atoms with Crippen LogP contribution in [-0.2, 0) is 0 Å². The fraction of sp³-hybridized carbons (Fsp3) is 0.0625. The Kier molecular flexibility index (Phi) is 4.78. The second-order valence-electron chi connectivity index (χ2n) is 4.69. The highest BCUT2D eigenvalue weighted by Gasteiger charge is 2.13. The van der Waals surface area contributed by atoms with Gasteiger partial charge in [-0.15, -0.1) is 0 Å². The Hall–Kier alpha value is -2.12. The van der Waals surface area contributed by atoms with Gasteiger partial charge in [-0.3, -0.25) is 4.79 Å². The molecule has 0 fully saturated rings. The Morgan fingerprint density at radius 1 is 1.17 bits per heavy atom. The van der Waals surface area contributed by atoms with Gasteiger partial charge in [-0.25, -0.2) is 0 Å². The third-order valence-electron chi connectivity index (χ3n) is 3.10. The van der Waals surface area contributed by atoms with Crippen molar-refractivity contribution in [3.05, 3.63) is 58.6 Å². The Morgan fingerprint density at radius 2 is 1.91 bits per heavy atom. The summed E-state index contributed by atoms with van der Waals surface area (Å²) >= 11 is 4.55. The number of nitrogens with two attached hydrogens (primary N) is 1. The van der Waals surface area contributed by atoms with Crippen molar-refractivity contribution in [3.8, 4) is 11.4 Å². The van der Waals surface area contributed by atoms with Crippen LogP contribution in [-0.4, -0.2) is 21.7 Å². The summed E-state index contributed by atoms with van der Waals surface area (Å²) in [5, 5.41) is 4.25. The highest BCUT2D eigenvalue weighted by molar-refractivity contribution is 9.10. The fourth-order valence-electron chi connectivity index (χ4n) is 1.92. The standard InChI is InChI=1S/C16H12BrN3O2S/c17-11-7-5-10(6-8-11)14(21)9-23-16-19-15(20-22-16)12-3-1-2-4-13(12)18/h1-8H,9,18H2. The monoisotopic (exact) mass is 389 g/mol. The maximum Gasteiger partial charge on any atom is 0.286 e. The van der Waals surface area contributed by atoms with E-state index in [0.717, 1.165) is 4.47 Å². The summed E-state index contributed by atoms with van der Waals surface area (Å²) < 4.78 is 6.10. The molecule has 0 aliphatic rings. The van der Waals surface area contributed by atoms with Gasteiger partial charge in [-0.1, -0.05) is 57.1 Å². The number of thioether (sulfide) groups is 1. The number of hydrogen-bond donors (Lipinski definition) is 1. The topological polar surface area (TPSA) is 82.0 Å². The Balaban J connectivity index is 1.67. The van der Waals surface area contributed by atoms with Crippen molar-refractivity contribution >= 4 is 39.2 Å². The number of Topliss-reactive ketones (excluding diaryl/α,β-unsaturated/α-hetero) is 1. The molecule has 3 aromatic rings. The van der Waals surface area contributed by atoms with E-state index in [1.54, 1.807) is 18.2 Å². The van der Waals surface area contributed by atoms with Gasteiger partial charge in [-0.05, 0) is 24.3 Å². The third-order valence-corrected chi connectivity index (χ3v) is 4.45. The number of para-hydroxylation sites is 1. The summed E-state index contributed by atoms with van der Waals surface area (Å²) in [6.07, 6.45) is 0. The van der Waals surface area contributed by atoms with Gasteiger partial charge in [0.05, 0.1) is 5.75 Å². The SMILES string of the molecule is Nc1ccccc1-c1noc(SCC(=O)c2ccc(Br)cc2)n1. The zero-order chi connectivity index (χ0) is 16.2. The van der Waals surface area contributed by atoms with Crippen LogP contribution in [0.5, 0.6) is 0 Å². The maximum absolute atomic E-state index is 12.1. The molecule has 0 radical (unpaired) electrons. The number of carbonyl (C=O) groups is 1. The van der Waals surface area contributed by atoms with Crippen molar-refractivity contribution in [2.75, 3.05) is 11.5 Å². The number of aromatic nitrogens is 2. The van der Waals surface area contributed by atoms with Crippen LogP contribution in [0.4, 0.5) is 5.69 Å². The molecule has 0 aliphatic carbocycles. The van der Waals surface area contributed by atoms with Gasteiger partial charge in [0.1, 0.15) is 0 Å². The lowest BCUT2D eigenvalue weighted by Crippen LogP contribution is -2.01. The van der Waals surface area contributed by atoms with E-state index in [-0.39, 0.29) is 11.5 Å². The molecule has 7 heteroatoms. The van der Waals surface area contributed by atoms with Crippen LogP contribution in [0.3, 0.4) is 0 Å². The number of ketones is 1. The molecule has 3 rings (SSSR count). The number of carbonyl (C=O) groups excluding carboxylic acids is 1. The first-order chi connectivity index (χ1) is 11.1. The molecular weight excluding hydrogens is 378 g/mol. The van der Waals surface area contributed by atoms with Gasteiger partial charge < -0.3 is 10.3 Å². The normalized spacial score (nSPS) is 10.7. The van der Waals surface area contributed by atoms with Crippen LogP contribution in [0.15, 0.2) is 62.7 Å².